The molecular weight excluding hydrogens is 427 g/mol. The first-order chi connectivity index (χ1) is 11.3. The predicted molar refractivity (Wildman–Crippen MR) is 59.4 cm³/mol. The third-order valence-corrected chi connectivity index (χ3v) is 4.07. The molecule has 0 fully saturated rings. The molecule has 150 valence electrons. The van der Waals surface area contributed by atoms with Crippen molar-refractivity contribution in [3.63, 3.8) is 0 Å². The molecule has 0 N–H and O–H groups in total. The number of hydrogen-bond acceptors (Lipinski definition) is 2. The molecule has 0 saturated heterocycles. The van der Waals surface area contributed by atoms with Crippen LogP contribution in [0, 0.1) is 0 Å². The van der Waals surface area contributed by atoms with E-state index in [9.17, 15) is 61.9 Å². The predicted octanol–water partition coefficient (Wildman–Crippen LogP) is 5.76. The van der Waals surface area contributed by atoms with Crippen molar-refractivity contribution < 1.29 is 61.9 Å². The van der Waals surface area contributed by atoms with Crippen LogP contribution in [0.1, 0.15) is 14.5 Å². The van der Waals surface area contributed by atoms with Crippen molar-refractivity contribution in [3.8, 4) is 0 Å². The summed E-state index contributed by atoms with van der Waals surface area (Å²) in [5.74, 6) is -37.2. The third kappa shape index (κ3) is 2.83. The molecule has 0 atom stereocenters. The summed E-state index contributed by atoms with van der Waals surface area (Å²) in [6.45, 7) is 0. The highest BCUT2D eigenvalue weighted by Gasteiger charge is 2.91. The molecule has 0 spiro atoms. The largest absolute Gasteiger partial charge is 0.460 e. The van der Waals surface area contributed by atoms with Gasteiger partial charge in [0.25, 0.3) is 0 Å². The van der Waals surface area contributed by atoms with Gasteiger partial charge in [-0.3, -0.25) is 4.79 Å². The van der Waals surface area contributed by atoms with E-state index in [1.54, 1.807) is 0 Å². The average molecular weight is 430 g/mol. The Labute approximate surface area is 138 Å². The Bertz CT molecular complexity index is 672. The summed E-state index contributed by atoms with van der Waals surface area (Å²) < 4.78 is 167. The van der Waals surface area contributed by atoms with E-state index in [1.807, 2.05) is 0 Å². The van der Waals surface area contributed by atoms with Crippen molar-refractivity contribution in [3.05, 3.63) is 21.9 Å². The van der Waals surface area contributed by atoms with Crippen LogP contribution in [0.3, 0.4) is 0 Å². The van der Waals surface area contributed by atoms with Gasteiger partial charge in [-0.1, -0.05) is 0 Å². The molecule has 0 aliphatic heterocycles. The molecule has 1 heterocycles. The molecule has 0 aliphatic rings. The second-order valence-electron chi connectivity index (χ2n) is 4.69. The Kier molecular flexibility index (Phi) is 5.18. The lowest BCUT2D eigenvalue weighted by Gasteiger charge is -2.39. The minimum Gasteiger partial charge on any atom is -0.297 e. The fourth-order valence-corrected chi connectivity index (χ4v) is 2.34. The van der Waals surface area contributed by atoms with Crippen molar-refractivity contribution in [2.75, 3.05) is 0 Å². The molecule has 0 aliphatic carbocycles. The highest BCUT2D eigenvalue weighted by Crippen LogP contribution is 2.62. The van der Waals surface area contributed by atoms with E-state index in [0.717, 1.165) is 0 Å². The molecular formula is C11H3F13OS. The number of thiophene rings is 1. The summed E-state index contributed by atoms with van der Waals surface area (Å²) in [6, 6.07) is 0.316. The molecule has 0 aromatic carbocycles. The van der Waals surface area contributed by atoms with Crippen LogP contribution in [-0.2, 0) is 5.92 Å². The van der Waals surface area contributed by atoms with E-state index in [4.69, 9.17) is 0 Å². The molecule has 26 heavy (non-hydrogen) atoms. The van der Waals surface area contributed by atoms with Crippen molar-refractivity contribution in [1.82, 2.24) is 0 Å². The van der Waals surface area contributed by atoms with Crippen molar-refractivity contribution in [2.45, 2.75) is 35.8 Å². The summed E-state index contributed by atoms with van der Waals surface area (Å²) >= 11 is -0.580. The van der Waals surface area contributed by atoms with E-state index in [0.29, 0.717) is 6.07 Å². The quantitative estimate of drug-likeness (QED) is 0.415. The van der Waals surface area contributed by atoms with Gasteiger partial charge in [0.2, 0.25) is 0 Å². The molecule has 0 amide bonds. The topological polar surface area (TPSA) is 17.1 Å². The van der Waals surface area contributed by atoms with Gasteiger partial charge in [0.1, 0.15) is 0 Å². The van der Waals surface area contributed by atoms with E-state index >= 15 is 0 Å². The molecule has 1 rings (SSSR count). The first-order valence-corrected chi connectivity index (χ1v) is 6.62. The van der Waals surface area contributed by atoms with Gasteiger partial charge in [0, 0.05) is 0 Å². The number of alkyl halides is 13. The lowest BCUT2D eigenvalue weighted by atomic mass is 9.93. The number of halogens is 13. The van der Waals surface area contributed by atoms with Gasteiger partial charge < -0.3 is 0 Å². The second-order valence-corrected chi connectivity index (χ2v) is 5.80. The maximum absolute atomic E-state index is 13.6. The minimum absolute atomic E-state index is 0.0710. The summed E-state index contributed by atoms with van der Waals surface area (Å²) in [6.07, 6.45) is -7.66. The molecule has 1 aromatic heterocycles. The Morgan fingerprint density at radius 1 is 0.654 bits per heavy atom. The normalized spacial score (nSPS) is 15.3. The first kappa shape index (κ1) is 22.5. The van der Waals surface area contributed by atoms with E-state index in [1.165, 1.54) is 0 Å². The van der Waals surface area contributed by atoms with Crippen LogP contribution in [0.2, 0.25) is 0 Å². The van der Waals surface area contributed by atoms with Crippen LogP contribution in [0.15, 0.2) is 12.1 Å². The SMILES string of the molecule is O=Cc1ccc(C(F)(F)C(F)(F)C(F)(F)C(F)(F)C(F)(F)C(F)(F)F)s1. The average Bonchev–Trinajstić information content (AvgIpc) is 2.94. The number of carbonyl (C=O) groups excluding carboxylic acids is 1. The van der Waals surface area contributed by atoms with Crippen molar-refractivity contribution >= 4 is 17.6 Å². The molecule has 1 nitrogen and oxygen atoms in total. The summed E-state index contributed by atoms with van der Waals surface area (Å²) in [4.78, 5) is 7.39. The monoisotopic (exact) mass is 430 g/mol. The Balaban J connectivity index is 3.54. The Hall–Kier alpha value is -1.54. The first-order valence-electron chi connectivity index (χ1n) is 5.80. The van der Waals surface area contributed by atoms with Crippen molar-refractivity contribution in [1.29, 1.82) is 0 Å². The van der Waals surface area contributed by atoms with Gasteiger partial charge >= 0.3 is 35.8 Å². The smallest absolute Gasteiger partial charge is 0.297 e. The molecule has 0 radical (unpaired) electrons. The molecule has 0 saturated carbocycles. The molecule has 1 aromatic rings. The third-order valence-electron chi connectivity index (χ3n) is 2.99. The fraction of sp³-hybridized carbons (Fsp3) is 0.545. The number of aldehydes is 1. The molecule has 0 bridgehead atoms. The standard InChI is InChI=1S/C11H3F13OS/c12-6(13,5-2-1-4(3-25)26-5)7(14,15)8(16,17)9(18,19)10(20,21)11(22,23)24/h1-3H. The van der Waals surface area contributed by atoms with Gasteiger partial charge in [-0.15, -0.1) is 11.3 Å². The van der Waals surface area contributed by atoms with E-state index < -0.39 is 56.9 Å². The van der Waals surface area contributed by atoms with Gasteiger partial charge in [-0.05, 0) is 12.1 Å². The lowest BCUT2D eigenvalue weighted by molar-refractivity contribution is -0.441. The second kappa shape index (κ2) is 5.99. The van der Waals surface area contributed by atoms with Crippen LogP contribution >= 0.6 is 11.3 Å². The zero-order valence-electron chi connectivity index (χ0n) is 11.5. The van der Waals surface area contributed by atoms with Gasteiger partial charge in [-0.2, -0.15) is 57.1 Å². The Morgan fingerprint density at radius 2 is 1.08 bits per heavy atom. The number of carbonyl (C=O) groups is 1. The zero-order chi connectivity index (χ0) is 21.0. The van der Waals surface area contributed by atoms with Gasteiger partial charge in [0.15, 0.2) is 6.29 Å². The minimum atomic E-state index is -7.93. The van der Waals surface area contributed by atoms with E-state index in [2.05, 4.69) is 0 Å². The highest BCUT2D eigenvalue weighted by molar-refractivity contribution is 7.13. The molecule has 0 unspecified atom stereocenters. The summed E-state index contributed by atoms with van der Waals surface area (Å²) in [5.41, 5.74) is 0. The van der Waals surface area contributed by atoms with Crippen LogP contribution in [-0.4, -0.2) is 36.2 Å². The fourth-order valence-electron chi connectivity index (χ4n) is 1.51. The van der Waals surface area contributed by atoms with Gasteiger partial charge in [0.05, 0.1) is 9.75 Å². The van der Waals surface area contributed by atoms with Gasteiger partial charge in [-0.25, -0.2) is 0 Å². The number of hydrogen-bond donors (Lipinski definition) is 0. The maximum Gasteiger partial charge on any atom is 0.460 e. The van der Waals surface area contributed by atoms with Crippen LogP contribution in [0.25, 0.3) is 0 Å². The molecule has 15 heteroatoms. The highest BCUT2D eigenvalue weighted by atomic mass is 32.1. The zero-order valence-corrected chi connectivity index (χ0v) is 12.3. The van der Waals surface area contributed by atoms with Crippen LogP contribution in [0.4, 0.5) is 57.1 Å². The Morgan fingerprint density at radius 3 is 1.42 bits per heavy atom. The summed E-state index contributed by atoms with van der Waals surface area (Å²) in [7, 11) is 0. The van der Waals surface area contributed by atoms with Crippen LogP contribution < -0.4 is 0 Å². The lowest BCUT2D eigenvalue weighted by Crippen LogP contribution is -2.69. The van der Waals surface area contributed by atoms with Crippen LogP contribution in [0.5, 0.6) is 0 Å². The van der Waals surface area contributed by atoms with Crippen molar-refractivity contribution in [2.24, 2.45) is 0 Å². The number of rotatable bonds is 6. The van der Waals surface area contributed by atoms with E-state index in [-0.39, 0.29) is 12.4 Å². The maximum atomic E-state index is 13.6. The summed E-state index contributed by atoms with van der Waals surface area (Å²) in [5, 5.41) is 0.